The number of halogens is 2. The van der Waals surface area contributed by atoms with Gasteiger partial charge < -0.3 is 9.47 Å². The highest BCUT2D eigenvalue weighted by Crippen LogP contribution is 2.33. The van der Waals surface area contributed by atoms with Crippen molar-refractivity contribution in [3.05, 3.63) is 23.8 Å². The quantitative estimate of drug-likeness (QED) is 0.768. The first-order valence-electron chi connectivity index (χ1n) is 6.49. The van der Waals surface area contributed by atoms with Crippen LogP contribution in [0.1, 0.15) is 33.1 Å². The molecule has 1 aliphatic carbocycles. The van der Waals surface area contributed by atoms with Gasteiger partial charge in [0.05, 0.1) is 6.10 Å². The van der Waals surface area contributed by atoms with Gasteiger partial charge in [-0.2, -0.15) is 8.78 Å². The molecule has 4 heteroatoms. The molecule has 0 spiro atoms. The summed E-state index contributed by atoms with van der Waals surface area (Å²) >= 11 is 0. The lowest BCUT2D eigenvalue weighted by Gasteiger charge is -2.34. The third-order valence-electron chi connectivity index (χ3n) is 3.43. The highest BCUT2D eigenvalue weighted by molar-refractivity contribution is 5.22. The lowest BCUT2D eigenvalue weighted by Crippen LogP contribution is -2.44. The molecule has 0 bridgehead atoms. The van der Waals surface area contributed by atoms with Gasteiger partial charge >= 0.3 is 6.11 Å². The Kier molecular flexibility index (Phi) is 4.17. The Balaban J connectivity index is 1.89. The van der Waals surface area contributed by atoms with Crippen LogP contribution in [0.2, 0.25) is 0 Å². The molecule has 3 atom stereocenters. The van der Waals surface area contributed by atoms with Crippen LogP contribution in [-0.2, 0) is 9.47 Å². The van der Waals surface area contributed by atoms with E-state index in [0.717, 1.165) is 12.0 Å². The van der Waals surface area contributed by atoms with Crippen LogP contribution < -0.4 is 0 Å². The number of rotatable bonds is 3. The second-order valence-electron chi connectivity index (χ2n) is 5.27. The minimum atomic E-state index is -3.20. The topological polar surface area (TPSA) is 18.5 Å². The van der Waals surface area contributed by atoms with Crippen molar-refractivity contribution in [2.75, 3.05) is 6.61 Å². The van der Waals surface area contributed by atoms with Crippen LogP contribution in [-0.4, -0.2) is 24.9 Å². The van der Waals surface area contributed by atoms with Gasteiger partial charge in [-0.1, -0.05) is 30.7 Å². The first-order chi connectivity index (χ1) is 8.47. The van der Waals surface area contributed by atoms with E-state index in [1.807, 2.05) is 26.0 Å². The van der Waals surface area contributed by atoms with Crippen molar-refractivity contribution < 1.29 is 18.3 Å². The van der Waals surface area contributed by atoms with Gasteiger partial charge in [-0.25, -0.2) is 0 Å². The third-order valence-corrected chi connectivity index (χ3v) is 3.43. The molecule has 1 heterocycles. The summed E-state index contributed by atoms with van der Waals surface area (Å²) in [5.74, 6) is 0.359. The number of ether oxygens (including phenoxy) is 2. The van der Waals surface area contributed by atoms with Crippen molar-refractivity contribution >= 4 is 0 Å². The average molecular weight is 258 g/mol. The van der Waals surface area contributed by atoms with Gasteiger partial charge in [-0.05, 0) is 32.1 Å². The van der Waals surface area contributed by atoms with Crippen molar-refractivity contribution in [2.24, 2.45) is 5.92 Å². The van der Waals surface area contributed by atoms with E-state index in [4.69, 9.17) is 9.47 Å². The first-order valence-corrected chi connectivity index (χ1v) is 6.49. The van der Waals surface area contributed by atoms with Crippen LogP contribution in [0.4, 0.5) is 8.78 Å². The Bertz CT molecular complexity index is 342. The van der Waals surface area contributed by atoms with Crippen LogP contribution in [0, 0.1) is 5.92 Å². The van der Waals surface area contributed by atoms with Crippen LogP contribution in [0.15, 0.2) is 23.8 Å². The maximum absolute atomic E-state index is 13.9. The molecule has 0 saturated carbocycles. The fraction of sp³-hybridized carbons (Fsp3) is 0.714. The van der Waals surface area contributed by atoms with Crippen LogP contribution in [0.25, 0.3) is 0 Å². The predicted molar refractivity (Wildman–Crippen MR) is 65.5 cm³/mol. The first kappa shape index (κ1) is 13.7. The normalized spacial score (nSPS) is 33.3. The van der Waals surface area contributed by atoms with Crippen molar-refractivity contribution in [1.29, 1.82) is 0 Å². The van der Waals surface area contributed by atoms with Crippen molar-refractivity contribution in [3.63, 3.8) is 0 Å². The Morgan fingerprint density at radius 3 is 2.72 bits per heavy atom. The third kappa shape index (κ3) is 3.39. The van der Waals surface area contributed by atoms with Crippen molar-refractivity contribution in [1.82, 2.24) is 0 Å². The molecule has 2 rings (SSSR count). The fourth-order valence-corrected chi connectivity index (χ4v) is 2.22. The van der Waals surface area contributed by atoms with Crippen LogP contribution in [0.3, 0.4) is 0 Å². The minimum Gasteiger partial charge on any atom is -0.369 e. The molecule has 1 saturated heterocycles. The van der Waals surface area contributed by atoms with Crippen molar-refractivity contribution in [3.8, 4) is 0 Å². The molecule has 0 aromatic carbocycles. The second kappa shape index (κ2) is 5.49. The highest BCUT2D eigenvalue weighted by Gasteiger charge is 2.45. The summed E-state index contributed by atoms with van der Waals surface area (Å²) in [4.78, 5) is 0. The Hall–Kier alpha value is -0.740. The largest absolute Gasteiger partial charge is 0.382 e. The van der Waals surface area contributed by atoms with Crippen molar-refractivity contribution in [2.45, 2.75) is 51.4 Å². The fourth-order valence-electron chi connectivity index (χ4n) is 2.22. The SMILES string of the molecule is CC1=CCC(OC(F)(F)C2CCC(C)CO2)C=C1. The van der Waals surface area contributed by atoms with Gasteiger partial charge in [0, 0.05) is 6.61 Å². The zero-order valence-corrected chi connectivity index (χ0v) is 10.9. The molecule has 2 aliphatic rings. The van der Waals surface area contributed by atoms with E-state index in [1.165, 1.54) is 0 Å². The summed E-state index contributed by atoms with van der Waals surface area (Å²) in [5.41, 5.74) is 1.08. The molecule has 0 aromatic rings. The average Bonchev–Trinajstić information content (AvgIpc) is 2.32. The highest BCUT2D eigenvalue weighted by atomic mass is 19.3. The summed E-state index contributed by atoms with van der Waals surface area (Å²) in [6.07, 6.45) is 2.19. The molecule has 0 amide bonds. The van der Waals surface area contributed by atoms with Gasteiger partial charge in [0.15, 0.2) is 0 Å². The van der Waals surface area contributed by atoms with Gasteiger partial charge in [0.25, 0.3) is 0 Å². The lowest BCUT2D eigenvalue weighted by atomic mass is 9.99. The minimum absolute atomic E-state index is 0.359. The molecule has 0 radical (unpaired) electrons. The molecule has 2 nitrogen and oxygen atoms in total. The van der Waals surface area contributed by atoms with E-state index >= 15 is 0 Å². The molecular formula is C14H20F2O2. The maximum Gasteiger partial charge on any atom is 0.382 e. The van der Waals surface area contributed by atoms with Gasteiger partial charge in [0.1, 0.15) is 6.10 Å². The standard InChI is InChI=1S/C14H20F2O2/c1-10-3-6-12(7-4-10)18-14(15,16)13-8-5-11(2)9-17-13/h3-4,6,11-13H,5,7-9H2,1-2H3. The molecular weight excluding hydrogens is 238 g/mol. The van der Waals surface area contributed by atoms with E-state index in [0.29, 0.717) is 25.4 Å². The molecule has 18 heavy (non-hydrogen) atoms. The Labute approximate surface area is 107 Å². The van der Waals surface area contributed by atoms with E-state index in [-0.39, 0.29) is 0 Å². The summed E-state index contributed by atoms with van der Waals surface area (Å²) in [7, 11) is 0. The van der Waals surface area contributed by atoms with E-state index in [9.17, 15) is 8.78 Å². The summed E-state index contributed by atoms with van der Waals surface area (Å²) < 4.78 is 37.9. The summed E-state index contributed by atoms with van der Waals surface area (Å²) in [6.45, 7) is 4.34. The smallest absolute Gasteiger partial charge is 0.369 e. The van der Waals surface area contributed by atoms with E-state index < -0.39 is 18.3 Å². The second-order valence-corrected chi connectivity index (χ2v) is 5.27. The lowest BCUT2D eigenvalue weighted by molar-refractivity contribution is -0.317. The monoisotopic (exact) mass is 258 g/mol. The van der Waals surface area contributed by atoms with Gasteiger partial charge in [-0.15, -0.1) is 0 Å². The number of hydrogen-bond donors (Lipinski definition) is 0. The molecule has 1 aliphatic heterocycles. The van der Waals surface area contributed by atoms with Crippen LogP contribution >= 0.6 is 0 Å². The molecule has 3 unspecified atom stereocenters. The van der Waals surface area contributed by atoms with E-state index in [2.05, 4.69) is 0 Å². The van der Waals surface area contributed by atoms with Crippen LogP contribution in [0.5, 0.6) is 0 Å². The number of hydrogen-bond acceptors (Lipinski definition) is 2. The number of alkyl halides is 2. The zero-order chi connectivity index (χ0) is 13.2. The Morgan fingerprint density at radius 2 is 2.17 bits per heavy atom. The zero-order valence-electron chi connectivity index (χ0n) is 10.9. The molecule has 1 fully saturated rings. The van der Waals surface area contributed by atoms with Gasteiger partial charge in [-0.3, -0.25) is 0 Å². The summed E-state index contributed by atoms with van der Waals surface area (Å²) in [6, 6.07) is 0. The molecule has 102 valence electrons. The number of allylic oxidation sites excluding steroid dienone is 2. The molecule has 0 aromatic heterocycles. The van der Waals surface area contributed by atoms with Gasteiger partial charge in [0.2, 0.25) is 0 Å². The maximum atomic E-state index is 13.9. The molecule has 0 N–H and O–H groups in total. The summed E-state index contributed by atoms with van der Waals surface area (Å²) in [5, 5.41) is 0. The van der Waals surface area contributed by atoms with E-state index in [1.54, 1.807) is 6.08 Å². The Morgan fingerprint density at radius 1 is 1.39 bits per heavy atom. The predicted octanol–water partition coefficient (Wildman–Crippen LogP) is 3.69.